The molecule has 0 saturated heterocycles. The van der Waals surface area contributed by atoms with Crippen LogP contribution in [-0.4, -0.2) is 23.7 Å². The standard InChI is InChI=1S/C14H16N2O/c1-2-6-14-13-8-4-3-7-12(13)11-15-16(14)9-5-10-17/h3-5,7-8,11,14H,2,6,9H2,1H3/t14-/m0/s1. The number of hydrogen-bond acceptors (Lipinski definition) is 3. The van der Waals surface area contributed by atoms with Crippen molar-refractivity contribution in [3.63, 3.8) is 0 Å². The molecule has 0 amide bonds. The van der Waals surface area contributed by atoms with Crippen LogP contribution in [0.15, 0.2) is 35.4 Å². The number of benzene rings is 1. The Balaban J connectivity index is 2.30. The maximum absolute atomic E-state index is 10.3. The molecule has 1 aliphatic rings. The Bertz CT molecular complexity index is 461. The molecular formula is C14H16N2O. The summed E-state index contributed by atoms with van der Waals surface area (Å²) in [7, 11) is 0. The van der Waals surface area contributed by atoms with E-state index in [0.717, 1.165) is 12.8 Å². The number of hydrazone groups is 1. The van der Waals surface area contributed by atoms with Crippen molar-refractivity contribution in [3.8, 4) is 0 Å². The molecule has 1 atom stereocenters. The Morgan fingerprint density at radius 1 is 1.47 bits per heavy atom. The van der Waals surface area contributed by atoms with Gasteiger partial charge in [0.2, 0.25) is 0 Å². The highest BCUT2D eigenvalue weighted by molar-refractivity contribution is 5.82. The lowest BCUT2D eigenvalue weighted by Crippen LogP contribution is -2.28. The Kier molecular flexibility index (Phi) is 3.73. The van der Waals surface area contributed by atoms with Crippen molar-refractivity contribution in [3.05, 3.63) is 41.5 Å². The third-order valence-electron chi connectivity index (χ3n) is 2.98. The lowest BCUT2D eigenvalue weighted by molar-refractivity contribution is 0.213. The molecule has 0 fully saturated rings. The molecule has 88 valence electrons. The van der Waals surface area contributed by atoms with Crippen LogP contribution in [0.25, 0.3) is 0 Å². The zero-order chi connectivity index (χ0) is 12.1. The van der Waals surface area contributed by atoms with E-state index in [-0.39, 0.29) is 6.04 Å². The van der Waals surface area contributed by atoms with Gasteiger partial charge in [-0.2, -0.15) is 5.10 Å². The normalized spacial score (nSPS) is 17.5. The van der Waals surface area contributed by atoms with Crippen LogP contribution in [0.2, 0.25) is 0 Å². The van der Waals surface area contributed by atoms with Crippen LogP contribution < -0.4 is 0 Å². The molecule has 2 rings (SSSR count). The fourth-order valence-electron chi connectivity index (χ4n) is 2.19. The Morgan fingerprint density at radius 3 is 3.06 bits per heavy atom. The summed E-state index contributed by atoms with van der Waals surface area (Å²) >= 11 is 0. The van der Waals surface area contributed by atoms with E-state index in [4.69, 9.17) is 0 Å². The van der Waals surface area contributed by atoms with Crippen LogP contribution in [0.3, 0.4) is 0 Å². The quantitative estimate of drug-likeness (QED) is 0.742. The van der Waals surface area contributed by atoms with Crippen LogP contribution in [0.1, 0.15) is 36.9 Å². The van der Waals surface area contributed by atoms with Crippen molar-refractivity contribution < 1.29 is 4.79 Å². The van der Waals surface area contributed by atoms with Crippen LogP contribution in [-0.2, 0) is 4.79 Å². The molecule has 0 spiro atoms. The van der Waals surface area contributed by atoms with Gasteiger partial charge in [-0.15, -0.1) is 0 Å². The number of hydrogen-bond donors (Lipinski definition) is 0. The lowest BCUT2D eigenvalue weighted by atomic mass is 9.96. The fraction of sp³-hybridized carbons (Fsp3) is 0.357. The third kappa shape index (κ3) is 2.45. The minimum atomic E-state index is 0.269. The van der Waals surface area contributed by atoms with Gasteiger partial charge < -0.3 is 0 Å². The summed E-state index contributed by atoms with van der Waals surface area (Å²) in [4.78, 5) is 10.3. The second kappa shape index (κ2) is 5.46. The van der Waals surface area contributed by atoms with Crippen molar-refractivity contribution in [1.29, 1.82) is 0 Å². The molecule has 0 aliphatic carbocycles. The van der Waals surface area contributed by atoms with Crippen LogP contribution in [0, 0.1) is 0 Å². The highest BCUT2D eigenvalue weighted by Gasteiger charge is 2.22. The summed E-state index contributed by atoms with van der Waals surface area (Å²) in [5.41, 5.74) is 2.47. The smallest absolute Gasteiger partial charge is 0.121 e. The second-order valence-corrected chi connectivity index (χ2v) is 4.12. The molecule has 0 bridgehead atoms. The monoisotopic (exact) mass is 228 g/mol. The Labute approximate surface area is 101 Å². The maximum Gasteiger partial charge on any atom is 0.121 e. The molecule has 0 radical (unpaired) electrons. The van der Waals surface area contributed by atoms with E-state index in [2.05, 4.69) is 24.2 Å². The molecule has 0 saturated carbocycles. The first-order valence-corrected chi connectivity index (χ1v) is 5.95. The van der Waals surface area contributed by atoms with Gasteiger partial charge in [-0.25, -0.2) is 4.79 Å². The predicted molar refractivity (Wildman–Crippen MR) is 68.7 cm³/mol. The predicted octanol–water partition coefficient (Wildman–Crippen LogP) is 2.57. The summed E-state index contributed by atoms with van der Waals surface area (Å²) in [6.07, 6.45) is 5.48. The van der Waals surface area contributed by atoms with E-state index in [1.54, 1.807) is 0 Å². The van der Waals surface area contributed by atoms with E-state index in [0.29, 0.717) is 6.54 Å². The van der Waals surface area contributed by atoms with Crippen molar-refractivity contribution in [1.82, 2.24) is 5.01 Å². The summed E-state index contributed by atoms with van der Waals surface area (Å²) in [5, 5.41) is 6.36. The number of carbonyl (C=O) groups excluding carboxylic acids is 1. The molecule has 1 aromatic rings. The van der Waals surface area contributed by atoms with Gasteiger partial charge in [0.1, 0.15) is 5.94 Å². The van der Waals surface area contributed by atoms with Gasteiger partial charge in [-0.1, -0.05) is 37.6 Å². The van der Waals surface area contributed by atoms with E-state index in [1.807, 2.05) is 29.3 Å². The summed E-state index contributed by atoms with van der Waals surface area (Å²) in [5.74, 6) is 1.81. The van der Waals surface area contributed by atoms with Crippen molar-refractivity contribution in [2.24, 2.45) is 5.10 Å². The van der Waals surface area contributed by atoms with Crippen LogP contribution in [0.4, 0.5) is 0 Å². The van der Waals surface area contributed by atoms with Crippen LogP contribution >= 0.6 is 0 Å². The molecule has 1 heterocycles. The van der Waals surface area contributed by atoms with Gasteiger partial charge >= 0.3 is 0 Å². The minimum absolute atomic E-state index is 0.269. The number of nitrogens with zero attached hydrogens (tertiary/aromatic N) is 2. The second-order valence-electron chi connectivity index (χ2n) is 4.12. The summed E-state index contributed by atoms with van der Waals surface area (Å²) in [6, 6.07) is 8.56. The molecule has 3 nitrogen and oxygen atoms in total. The molecular weight excluding hydrogens is 212 g/mol. The van der Waals surface area contributed by atoms with Crippen molar-refractivity contribution in [2.75, 3.05) is 6.54 Å². The third-order valence-corrected chi connectivity index (χ3v) is 2.98. The lowest BCUT2D eigenvalue weighted by Gasteiger charge is -2.32. The number of rotatable bonds is 4. The highest BCUT2D eigenvalue weighted by atomic mass is 16.1. The van der Waals surface area contributed by atoms with Crippen molar-refractivity contribution >= 4 is 12.2 Å². The maximum atomic E-state index is 10.3. The summed E-state index contributed by atoms with van der Waals surface area (Å²) < 4.78 is 0. The van der Waals surface area contributed by atoms with Gasteiger partial charge in [-0.05, 0) is 17.5 Å². The molecule has 1 aromatic carbocycles. The number of fused-ring (bicyclic) bond motifs is 1. The molecule has 1 aliphatic heterocycles. The minimum Gasteiger partial charge on any atom is -0.285 e. The first-order chi connectivity index (χ1) is 8.36. The fourth-order valence-corrected chi connectivity index (χ4v) is 2.19. The highest BCUT2D eigenvalue weighted by Crippen LogP contribution is 2.30. The van der Waals surface area contributed by atoms with E-state index < -0.39 is 0 Å². The first-order valence-electron chi connectivity index (χ1n) is 5.95. The average Bonchev–Trinajstić information content (AvgIpc) is 2.38. The Morgan fingerprint density at radius 2 is 2.29 bits per heavy atom. The molecule has 0 N–H and O–H groups in total. The van der Waals surface area contributed by atoms with E-state index >= 15 is 0 Å². The SMILES string of the molecule is CCC[C@H]1c2ccccc2C=NN1CC=C=O. The zero-order valence-electron chi connectivity index (χ0n) is 9.97. The van der Waals surface area contributed by atoms with Gasteiger partial charge in [0.15, 0.2) is 0 Å². The topological polar surface area (TPSA) is 32.7 Å². The van der Waals surface area contributed by atoms with Crippen molar-refractivity contribution in [2.45, 2.75) is 25.8 Å². The summed E-state index contributed by atoms with van der Waals surface area (Å²) in [6.45, 7) is 2.69. The van der Waals surface area contributed by atoms with Gasteiger partial charge in [0, 0.05) is 6.08 Å². The largest absolute Gasteiger partial charge is 0.285 e. The molecule has 17 heavy (non-hydrogen) atoms. The molecule has 0 aromatic heterocycles. The average molecular weight is 228 g/mol. The molecule has 0 unspecified atom stereocenters. The van der Waals surface area contributed by atoms with Gasteiger partial charge in [0.05, 0.1) is 18.8 Å². The van der Waals surface area contributed by atoms with E-state index in [1.165, 1.54) is 17.2 Å². The molecule has 3 heteroatoms. The van der Waals surface area contributed by atoms with E-state index in [9.17, 15) is 4.79 Å². The Hall–Kier alpha value is -1.86. The van der Waals surface area contributed by atoms with Gasteiger partial charge in [0.25, 0.3) is 0 Å². The zero-order valence-corrected chi connectivity index (χ0v) is 9.97. The van der Waals surface area contributed by atoms with Gasteiger partial charge in [-0.3, -0.25) is 5.01 Å². The van der Waals surface area contributed by atoms with Crippen LogP contribution in [0.5, 0.6) is 0 Å². The first kappa shape index (κ1) is 11.6.